The van der Waals surface area contributed by atoms with E-state index in [2.05, 4.69) is 68.8 Å². The van der Waals surface area contributed by atoms with Crippen molar-refractivity contribution in [2.45, 2.75) is 46.2 Å². The van der Waals surface area contributed by atoms with Gasteiger partial charge in [-0.25, -0.2) is 0 Å². The second-order valence-electron chi connectivity index (χ2n) is 6.26. The Kier molecular flexibility index (Phi) is 6.97. The molecule has 0 aliphatic rings. The van der Waals surface area contributed by atoms with Crippen molar-refractivity contribution in [1.82, 2.24) is 10.2 Å². The first kappa shape index (κ1) is 16.9. The molecule has 1 aromatic rings. The van der Waals surface area contributed by atoms with Crippen LogP contribution in [0.2, 0.25) is 0 Å². The Morgan fingerprint density at radius 1 is 1.15 bits per heavy atom. The standard InChI is InChI=1S/C18H30N2/c1-6-14-20(18(3,4)5)15-17-10-8-16(9-11-17)12-13-19-7-2/h6,8-11,19H,1,7,12-15H2,2-5H3. The molecule has 1 rings (SSSR count). The highest BCUT2D eigenvalue weighted by Crippen LogP contribution is 2.17. The molecule has 0 saturated heterocycles. The zero-order valence-corrected chi connectivity index (χ0v) is 13.6. The molecule has 112 valence electrons. The molecule has 1 N–H and O–H groups in total. The van der Waals surface area contributed by atoms with Crippen LogP contribution in [0, 0.1) is 0 Å². The van der Waals surface area contributed by atoms with E-state index in [9.17, 15) is 0 Å². The molecule has 0 spiro atoms. The van der Waals surface area contributed by atoms with E-state index >= 15 is 0 Å². The minimum Gasteiger partial charge on any atom is -0.317 e. The van der Waals surface area contributed by atoms with Crippen LogP contribution in [0.1, 0.15) is 38.8 Å². The van der Waals surface area contributed by atoms with Gasteiger partial charge in [-0.1, -0.05) is 37.3 Å². The fraction of sp³-hybridized carbons (Fsp3) is 0.556. The molecule has 0 saturated carbocycles. The topological polar surface area (TPSA) is 15.3 Å². The van der Waals surface area contributed by atoms with Gasteiger partial charge in [0.1, 0.15) is 0 Å². The minimum atomic E-state index is 0.165. The summed E-state index contributed by atoms with van der Waals surface area (Å²) in [5, 5.41) is 3.36. The van der Waals surface area contributed by atoms with Crippen molar-refractivity contribution in [1.29, 1.82) is 0 Å². The predicted octanol–water partition coefficient (Wildman–Crippen LogP) is 3.63. The van der Waals surface area contributed by atoms with Gasteiger partial charge in [0.05, 0.1) is 0 Å². The molecule has 0 fully saturated rings. The zero-order chi connectivity index (χ0) is 15.0. The first-order valence-corrected chi connectivity index (χ1v) is 7.62. The lowest BCUT2D eigenvalue weighted by Crippen LogP contribution is -2.40. The Balaban J connectivity index is 2.61. The smallest absolute Gasteiger partial charge is 0.0242 e. The van der Waals surface area contributed by atoms with Crippen molar-refractivity contribution < 1.29 is 0 Å². The summed E-state index contributed by atoms with van der Waals surface area (Å²) in [6.45, 7) is 16.8. The molecule has 1 aromatic carbocycles. The van der Waals surface area contributed by atoms with Crippen LogP contribution in [0.3, 0.4) is 0 Å². The Labute approximate surface area is 124 Å². The summed E-state index contributed by atoms with van der Waals surface area (Å²) >= 11 is 0. The number of nitrogens with one attached hydrogen (secondary N) is 1. The first-order chi connectivity index (χ1) is 9.47. The molecule has 2 heteroatoms. The summed E-state index contributed by atoms with van der Waals surface area (Å²) in [6, 6.07) is 9.01. The van der Waals surface area contributed by atoms with Gasteiger partial charge >= 0.3 is 0 Å². The van der Waals surface area contributed by atoms with Crippen LogP contribution < -0.4 is 5.32 Å². The van der Waals surface area contributed by atoms with Crippen LogP contribution in [0.25, 0.3) is 0 Å². The molecular formula is C18H30N2. The van der Waals surface area contributed by atoms with E-state index in [-0.39, 0.29) is 5.54 Å². The van der Waals surface area contributed by atoms with Gasteiger partial charge in [-0.15, -0.1) is 6.58 Å². The maximum absolute atomic E-state index is 3.86. The third-order valence-electron chi connectivity index (χ3n) is 3.54. The number of hydrogen-bond donors (Lipinski definition) is 1. The van der Waals surface area contributed by atoms with Gasteiger partial charge < -0.3 is 5.32 Å². The molecular weight excluding hydrogens is 244 g/mol. The number of benzene rings is 1. The van der Waals surface area contributed by atoms with Gasteiger partial charge in [0, 0.05) is 18.6 Å². The van der Waals surface area contributed by atoms with Crippen molar-refractivity contribution >= 4 is 0 Å². The lowest BCUT2D eigenvalue weighted by atomic mass is 10.0. The van der Waals surface area contributed by atoms with E-state index in [0.717, 1.165) is 32.6 Å². The van der Waals surface area contributed by atoms with Gasteiger partial charge in [-0.2, -0.15) is 0 Å². The van der Waals surface area contributed by atoms with Crippen molar-refractivity contribution in [2.24, 2.45) is 0 Å². The maximum atomic E-state index is 3.86. The molecule has 0 amide bonds. The average molecular weight is 274 g/mol. The van der Waals surface area contributed by atoms with Crippen LogP contribution in [0.5, 0.6) is 0 Å². The van der Waals surface area contributed by atoms with E-state index in [1.807, 2.05) is 6.08 Å². The molecule has 0 aliphatic carbocycles. The van der Waals surface area contributed by atoms with E-state index in [0.29, 0.717) is 0 Å². The molecule has 0 aliphatic heterocycles. The van der Waals surface area contributed by atoms with Crippen LogP contribution in [-0.2, 0) is 13.0 Å². The molecule has 0 radical (unpaired) electrons. The summed E-state index contributed by atoms with van der Waals surface area (Å²) in [5.41, 5.74) is 2.94. The second-order valence-corrected chi connectivity index (χ2v) is 6.26. The van der Waals surface area contributed by atoms with E-state index in [1.165, 1.54) is 11.1 Å². The SMILES string of the molecule is C=CCN(Cc1ccc(CCNCC)cc1)C(C)(C)C. The van der Waals surface area contributed by atoms with Crippen LogP contribution in [0.4, 0.5) is 0 Å². The lowest BCUT2D eigenvalue weighted by Gasteiger charge is -2.34. The van der Waals surface area contributed by atoms with Gasteiger partial charge in [0.15, 0.2) is 0 Å². The Hall–Kier alpha value is -1.12. The Morgan fingerprint density at radius 2 is 1.75 bits per heavy atom. The quantitative estimate of drug-likeness (QED) is 0.575. The van der Waals surface area contributed by atoms with Crippen molar-refractivity contribution in [3.05, 3.63) is 48.0 Å². The fourth-order valence-corrected chi connectivity index (χ4v) is 2.17. The minimum absolute atomic E-state index is 0.165. The van der Waals surface area contributed by atoms with E-state index < -0.39 is 0 Å². The van der Waals surface area contributed by atoms with Crippen molar-refractivity contribution in [2.75, 3.05) is 19.6 Å². The predicted molar refractivity (Wildman–Crippen MR) is 89.0 cm³/mol. The van der Waals surface area contributed by atoms with Crippen LogP contribution in [0.15, 0.2) is 36.9 Å². The van der Waals surface area contributed by atoms with Gasteiger partial charge in [-0.3, -0.25) is 4.90 Å². The number of rotatable bonds is 8. The zero-order valence-electron chi connectivity index (χ0n) is 13.6. The number of likely N-dealkylation sites (N-methyl/N-ethyl adjacent to an activating group) is 1. The number of hydrogen-bond acceptors (Lipinski definition) is 2. The highest BCUT2D eigenvalue weighted by molar-refractivity contribution is 5.23. The molecule has 0 heterocycles. The Bertz CT molecular complexity index is 387. The summed E-state index contributed by atoms with van der Waals surface area (Å²) in [4.78, 5) is 2.44. The summed E-state index contributed by atoms with van der Waals surface area (Å²) in [5.74, 6) is 0. The highest BCUT2D eigenvalue weighted by atomic mass is 15.2. The second kappa shape index (κ2) is 8.23. The van der Waals surface area contributed by atoms with Gasteiger partial charge in [0.25, 0.3) is 0 Å². The summed E-state index contributed by atoms with van der Waals surface area (Å²) < 4.78 is 0. The summed E-state index contributed by atoms with van der Waals surface area (Å²) in [7, 11) is 0. The van der Waals surface area contributed by atoms with Gasteiger partial charge in [0.2, 0.25) is 0 Å². The Morgan fingerprint density at radius 3 is 2.25 bits per heavy atom. The van der Waals surface area contributed by atoms with E-state index in [1.54, 1.807) is 0 Å². The van der Waals surface area contributed by atoms with Crippen LogP contribution in [-0.4, -0.2) is 30.1 Å². The molecule has 0 atom stereocenters. The largest absolute Gasteiger partial charge is 0.317 e. The average Bonchev–Trinajstić information content (AvgIpc) is 2.39. The molecule has 2 nitrogen and oxygen atoms in total. The molecule has 0 bridgehead atoms. The van der Waals surface area contributed by atoms with Crippen molar-refractivity contribution in [3.8, 4) is 0 Å². The summed E-state index contributed by atoms with van der Waals surface area (Å²) in [6.07, 6.45) is 3.08. The lowest BCUT2D eigenvalue weighted by molar-refractivity contribution is 0.145. The first-order valence-electron chi connectivity index (χ1n) is 7.62. The number of nitrogens with zero attached hydrogens (tertiary/aromatic N) is 1. The van der Waals surface area contributed by atoms with Crippen molar-refractivity contribution in [3.63, 3.8) is 0 Å². The van der Waals surface area contributed by atoms with Crippen LogP contribution >= 0.6 is 0 Å². The maximum Gasteiger partial charge on any atom is 0.0242 e. The third kappa shape index (κ3) is 5.89. The highest BCUT2D eigenvalue weighted by Gasteiger charge is 2.19. The normalized spacial score (nSPS) is 11.8. The fourth-order valence-electron chi connectivity index (χ4n) is 2.17. The van der Waals surface area contributed by atoms with E-state index in [4.69, 9.17) is 0 Å². The molecule has 20 heavy (non-hydrogen) atoms. The molecule has 0 unspecified atom stereocenters. The monoisotopic (exact) mass is 274 g/mol. The third-order valence-corrected chi connectivity index (χ3v) is 3.54. The van der Waals surface area contributed by atoms with Gasteiger partial charge in [-0.05, 0) is 51.4 Å². The molecule has 0 aromatic heterocycles.